The molecule has 182 valence electrons. The van der Waals surface area contributed by atoms with Crippen molar-refractivity contribution < 1.29 is 33.0 Å². The van der Waals surface area contributed by atoms with Crippen LogP contribution in [0.2, 0.25) is 0 Å². The summed E-state index contributed by atoms with van der Waals surface area (Å²) in [6, 6.07) is 13.7. The van der Waals surface area contributed by atoms with Crippen molar-refractivity contribution in [3.8, 4) is 11.1 Å². The number of aliphatic carboxylic acids is 1. The van der Waals surface area contributed by atoms with E-state index in [-0.39, 0.29) is 18.9 Å². The number of fused-ring (bicyclic) bond motifs is 3. The fraction of sp³-hybridized carbons (Fsp3) is 0.400. The lowest BCUT2D eigenvalue weighted by Gasteiger charge is -2.30. The van der Waals surface area contributed by atoms with Crippen molar-refractivity contribution in [3.63, 3.8) is 0 Å². The number of nitrogens with zero attached hydrogens (tertiary/aromatic N) is 1. The van der Waals surface area contributed by atoms with Crippen molar-refractivity contribution in [2.75, 3.05) is 13.2 Å². The molecule has 0 radical (unpaired) electrons. The number of carboxylic acid groups (broad SMARTS) is 1. The first-order valence-electron chi connectivity index (χ1n) is 11.1. The first-order chi connectivity index (χ1) is 16.2. The zero-order chi connectivity index (χ0) is 24.8. The lowest BCUT2D eigenvalue weighted by atomic mass is 9.98. The van der Waals surface area contributed by atoms with Gasteiger partial charge in [0.15, 0.2) is 0 Å². The molecule has 2 aromatic carbocycles. The van der Waals surface area contributed by atoms with Crippen LogP contribution >= 0.6 is 0 Å². The number of carboxylic acids is 1. The Morgan fingerprint density at radius 3 is 2.09 bits per heavy atom. The Morgan fingerprint density at radius 2 is 1.59 bits per heavy atom. The summed E-state index contributed by atoms with van der Waals surface area (Å²) in [5, 5.41) is 11.4. The van der Waals surface area contributed by atoms with Gasteiger partial charge in [-0.25, -0.2) is 13.6 Å². The minimum absolute atomic E-state index is 0.00459. The number of carbonyl (C=O) groups excluding carboxylic acids is 2. The Kier molecular flexibility index (Phi) is 8.20. The first-order valence-corrected chi connectivity index (χ1v) is 11.1. The summed E-state index contributed by atoms with van der Waals surface area (Å²) in [5.74, 6) is -2.14. The molecule has 0 heterocycles. The molecule has 0 saturated heterocycles. The molecule has 34 heavy (non-hydrogen) atoms. The largest absolute Gasteiger partial charge is 0.481 e. The third-order valence-electron chi connectivity index (χ3n) is 5.82. The number of hydrogen-bond acceptors (Lipinski definition) is 4. The van der Waals surface area contributed by atoms with Crippen molar-refractivity contribution >= 4 is 18.0 Å². The maximum Gasteiger partial charge on any atom is 0.407 e. The second-order valence-corrected chi connectivity index (χ2v) is 8.43. The standard InChI is InChI=1S/C25H28F2N2O5/c1-15(2)29(13-22(26)27)24(32)21(11-12-23(30)31)28-25(33)34-14-20-18-9-5-3-7-16(18)17-8-4-6-10-19(17)20/h3-10,15,20-22H,11-14H2,1-2H3,(H,28,33)(H,30,31). The van der Waals surface area contributed by atoms with E-state index in [1.54, 1.807) is 13.8 Å². The van der Waals surface area contributed by atoms with Gasteiger partial charge in [-0.05, 0) is 42.5 Å². The van der Waals surface area contributed by atoms with Gasteiger partial charge in [0.05, 0.1) is 6.54 Å². The van der Waals surface area contributed by atoms with Crippen LogP contribution in [0.4, 0.5) is 13.6 Å². The molecular weight excluding hydrogens is 446 g/mol. The predicted molar refractivity (Wildman–Crippen MR) is 122 cm³/mol. The number of amides is 2. The van der Waals surface area contributed by atoms with Crippen LogP contribution in [0.15, 0.2) is 48.5 Å². The zero-order valence-electron chi connectivity index (χ0n) is 19.0. The molecule has 7 nitrogen and oxygen atoms in total. The summed E-state index contributed by atoms with van der Waals surface area (Å²) in [6.07, 6.45) is -4.34. The molecule has 0 saturated carbocycles. The smallest absolute Gasteiger partial charge is 0.407 e. The third-order valence-corrected chi connectivity index (χ3v) is 5.82. The summed E-state index contributed by atoms with van der Waals surface area (Å²) in [7, 11) is 0. The van der Waals surface area contributed by atoms with Crippen molar-refractivity contribution in [1.29, 1.82) is 0 Å². The molecule has 2 aromatic rings. The minimum atomic E-state index is -2.76. The Morgan fingerprint density at radius 1 is 1.03 bits per heavy atom. The van der Waals surface area contributed by atoms with Crippen LogP contribution in [0, 0.1) is 0 Å². The lowest BCUT2D eigenvalue weighted by molar-refractivity contribution is -0.139. The van der Waals surface area contributed by atoms with Gasteiger partial charge in [0.2, 0.25) is 5.91 Å². The highest BCUT2D eigenvalue weighted by Crippen LogP contribution is 2.44. The van der Waals surface area contributed by atoms with Crippen LogP contribution in [-0.4, -0.2) is 59.6 Å². The van der Waals surface area contributed by atoms with E-state index >= 15 is 0 Å². The maximum absolute atomic E-state index is 13.0. The molecule has 0 spiro atoms. The molecule has 2 amide bonds. The van der Waals surface area contributed by atoms with Crippen LogP contribution in [0.3, 0.4) is 0 Å². The van der Waals surface area contributed by atoms with E-state index in [2.05, 4.69) is 5.32 Å². The Balaban J connectivity index is 1.71. The summed E-state index contributed by atoms with van der Waals surface area (Å²) in [4.78, 5) is 37.5. The highest BCUT2D eigenvalue weighted by Gasteiger charge is 2.32. The van der Waals surface area contributed by atoms with Gasteiger partial charge < -0.3 is 20.1 Å². The van der Waals surface area contributed by atoms with E-state index in [1.165, 1.54) is 0 Å². The van der Waals surface area contributed by atoms with Gasteiger partial charge in [-0.2, -0.15) is 0 Å². The van der Waals surface area contributed by atoms with E-state index in [9.17, 15) is 23.2 Å². The Bertz CT molecular complexity index is 998. The van der Waals surface area contributed by atoms with Crippen molar-refractivity contribution in [3.05, 3.63) is 59.7 Å². The molecule has 0 aliphatic heterocycles. The van der Waals surface area contributed by atoms with Crippen LogP contribution in [-0.2, 0) is 14.3 Å². The number of alkyl halides is 2. The predicted octanol–water partition coefficient (Wildman–Crippen LogP) is 4.26. The molecule has 1 aliphatic rings. The van der Waals surface area contributed by atoms with Gasteiger partial charge >= 0.3 is 12.1 Å². The number of hydrogen-bond donors (Lipinski definition) is 2. The maximum atomic E-state index is 13.0. The molecule has 0 bridgehead atoms. The average molecular weight is 475 g/mol. The van der Waals surface area contributed by atoms with E-state index < -0.39 is 49.4 Å². The molecule has 1 unspecified atom stereocenters. The number of benzene rings is 2. The van der Waals surface area contributed by atoms with Gasteiger partial charge in [-0.3, -0.25) is 9.59 Å². The quantitative estimate of drug-likeness (QED) is 0.537. The topological polar surface area (TPSA) is 95.9 Å². The molecule has 2 N–H and O–H groups in total. The monoisotopic (exact) mass is 474 g/mol. The van der Waals surface area contributed by atoms with Crippen LogP contribution in [0.5, 0.6) is 0 Å². The minimum Gasteiger partial charge on any atom is -0.481 e. The molecule has 1 aliphatic carbocycles. The lowest BCUT2D eigenvalue weighted by Crippen LogP contribution is -2.52. The Labute approximate surface area is 196 Å². The summed E-state index contributed by atoms with van der Waals surface area (Å²) in [5.41, 5.74) is 4.14. The molecule has 1 atom stereocenters. The van der Waals surface area contributed by atoms with E-state index in [1.807, 2.05) is 48.5 Å². The summed E-state index contributed by atoms with van der Waals surface area (Å²) in [6.45, 7) is 2.33. The van der Waals surface area contributed by atoms with E-state index in [0.717, 1.165) is 27.2 Å². The number of halogens is 2. The first kappa shape index (κ1) is 25.1. The van der Waals surface area contributed by atoms with Crippen LogP contribution < -0.4 is 5.32 Å². The van der Waals surface area contributed by atoms with Crippen LogP contribution in [0.25, 0.3) is 11.1 Å². The van der Waals surface area contributed by atoms with Crippen LogP contribution in [0.1, 0.15) is 43.7 Å². The van der Waals surface area contributed by atoms with E-state index in [4.69, 9.17) is 9.84 Å². The number of rotatable bonds is 10. The second kappa shape index (κ2) is 11.1. The highest BCUT2D eigenvalue weighted by atomic mass is 19.3. The van der Waals surface area contributed by atoms with Gasteiger partial charge in [-0.1, -0.05) is 48.5 Å². The summed E-state index contributed by atoms with van der Waals surface area (Å²) < 4.78 is 31.4. The number of nitrogens with one attached hydrogen (secondary N) is 1. The molecule has 0 fully saturated rings. The van der Waals surface area contributed by atoms with E-state index in [0.29, 0.717) is 0 Å². The molecule has 0 aromatic heterocycles. The molecule has 9 heteroatoms. The highest BCUT2D eigenvalue weighted by molar-refractivity contribution is 5.86. The molecular formula is C25H28F2N2O5. The SMILES string of the molecule is CC(C)N(CC(F)F)C(=O)C(CCC(=O)O)NC(=O)OCC1c2ccccc2-c2ccccc21. The summed E-state index contributed by atoms with van der Waals surface area (Å²) >= 11 is 0. The molecule has 3 rings (SSSR count). The van der Waals surface area contributed by atoms with Gasteiger partial charge in [0, 0.05) is 18.4 Å². The second-order valence-electron chi connectivity index (χ2n) is 8.43. The fourth-order valence-corrected chi connectivity index (χ4v) is 4.21. The van der Waals surface area contributed by atoms with Crippen molar-refractivity contribution in [2.24, 2.45) is 0 Å². The normalized spacial score (nSPS) is 13.4. The average Bonchev–Trinajstić information content (AvgIpc) is 3.11. The zero-order valence-corrected chi connectivity index (χ0v) is 19.0. The van der Waals surface area contributed by atoms with Crippen molar-refractivity contribution in [2.45, 2.75) is 51.1 Å². The third kappa shape index (κ3) is 5.89. The number of carbonyl (C=O) groups is 3. The van der Waals surface area contributed by atoms with Gasteiger partial charge in [-0.15, -0.1) is 0 Å². The van der Waals surface area contributed by atoms with Gasteiger partial charge in [0.25, 0.3) is 6.43 Å². The van der Waals surface area contributed by atoms with Gasteiger partial charge in [0.1, 0.15) is 12.6 Å². The van der Waals surface area contributed by atoms with Crippen molar-refractivity contribution in [1.82, 2.24) is 10.2 Å². The number of ether oxygens (including phenoxy) is 1. The Hall–Kier alpha value is -3.49. The number of alkyl carbamates (subject to hydrolysis) is 1. The fourth-order valence-electron chi connectivity index (χ4n) is 4.21.